The molecule has 0 bridgehead atoms. The molecular formula is C11H13N3O2S. The van der Waals surface area contributed by atoms with Crippen molar-refractivity contribution in [3.05, 3.63) is 36.0 Å². The van der Waals surface area contributed by atoms with E-state index in [0.717, 1.165) is 5.69 Å². The summed E-state index contributed by atoms with van der Waals surface area (Å²) in [4.78, 5) is 0.267. The summed E-state index contributed by atoms with van der Waals surface area (Å²) in [6, 6.07) is 8.33. The van der Waals surface area contributed by atoms with Gasteiger partial charge in [0.15, 0.2) is 9.84 Å². The molecule has 1 heterocycles. The van der Waals surface area contributed by atoms with Crippen molar-refractivity contribution in [1.82, 2.24) is 9.78 Å². The zero-order chi connectivity index (χ0) is 12.6. The lowest BCUT2D eigenvalue weighted by Crippen LogP contribution is -2.02. The van der Waals surface area contributed by atoms with Crippen molar-refractivity contribution in [2.45, 2.75) is 11.8 Å². The standard InChI is InChI=1S/C11H13N3O2S/c1-8-6-11(12)13-14(8)9-4-3-5-10(7-9)17(2,15)16/h3-7H,1-2H3,(H2,12,13). The highest BCUT2D eigenvalue weighted by molar-refractivity contribution is 7.90. The molecule has 17 heavy (non-hydrogen) atoms. The van der Waals surface area contributed by atoms with Crippen molar-refractivity contribution < 1.29 is 8.42 Å². The second-order valence-electron chi connectivity index (χ2n) is 3.89. The fraction of sp³-hybridized carbons (Fsp3) is 0.182. The number of anilines is 1. The summed E-state index contributed by atoms with van der Waals surface area (Å²) < 4.78 is 24.5. The molecule has 2 aromatic rings. The summed E-state index contributed by atoms with van der Waals surface area (Å²) in [5.41, 5.74) is 7.13. The van der Waals surface area contributed by atoms with E-state index >= 15 is 0 Å². The third-order valence-electron chi connectivity index (χ3n) is 2.40. The molecular weight excluding hydrogens is 238 g/mol. The monoisotopic (exact) mass is 251 g/mol. The molecule has 0 aliphatic rings. The molecule has 5 nitrogen and oxygen atoms in total. The molecule has 0 radical (unpaired) electrons. The van der Waals surface area contributed by atoms with Gasteiger partial charge >= 0.3 is 0 Å². The molecule has 0 unspecified atom stereocenters. The first-order valence-electron chi connectivity index (χ1n) is 5.00. The van der Waals surface area contributed by atoms with E-state index in [0.29, 0.717) is 11.5 Å². The van der Waals surface area contributed by atoms with Crippen LogP contribution in [0.4, 0.5) is 5.82 Å². The molecule has 0 amide bonds. The number of sulfone groups is 1. The number of aromatic nitrogens is 2. The third-order valence-corrected chi connectivity index (χ3v) is 3.51. The summed E-state index contributed by atoms with van der Waals surface area (Å²) >= 11 is 0. The second-order valence-corrected chi connectivity index (χ2v) is 5.91. The van der Waals surface area contributed by atoms with Gasteiger partial charge in [0.25, 0.3) is 0 Å². The van der Waals surface area contributed by atoms with Gasteiger partial charge in [0, 0.05) is 18.0 Å². The van der Waals surface area contributed by atoms with E-state index < -0.39 is 9.84 Å². The summed E-state index contributed by atoms with van der Waals surface area (Å²) in [7, 11) is -3.21. The minimum absolute atomic E-state index is 0.267. The number of rotatable bonds is 2. The van der Waals surface area contributed by atoms with Crippen molar-refractivity contribution in [3.63, 3.8) is 0 Å². The van der Waals surface area contributed by atoms with Crippen LogP contribution in [0.5, 0.6) is 0 Å². The predicted octanol–water partition coefficient (Wildman–Crippen LogP) is 1.17. The Balaban J connectivity index is 2.58. The molecule has 0 fully saturated rings. The van der Waals surface area contributed by atoms with Gasteiger partial charge in [-0.1, -0.05) is 6.07 Å². The number of benzene rings is 1. The van der Waals surface area contributed by atoms with Crippen molar-refractivity contribution in [2.24, 2.45) is 0 Å². The largest absolute Gasteiger partial charge is 0.382 e. The molecule has 0 aliphatic carbocycles. The zero-order valence-electron chi connectivity index (χ0n) is 9.58. The first-order chi connectivity index (χ1) is 7.88. The Morgan fingerprint density at radius 3 is 2.53 bits per heavy atom. The van der Waals surface area contributed by atoms with Gasteiger partial charge in [0.05, 0.1) is 10.6 Å². The lowest BCUT2D eigenvalue weighted by Gasteiger charge is -2.05. The van der Waals surface area contributed by atoms with Crippen molar-refractivity contribution >= 4 is 15.7 Å². The quantitative estimate of drug-likeness (QED) is 0.869. The van der Waals surface area contributed by atoms with Gasteiger partial charge in [-0.2, -0.15) is 5.10 Å². The average molecular weight is 251 g/mol. The lowest BCUT2D eigenvalue weighted by atomic mass is 10.3. The van der Waals surface area contributed by atoms with Gasteiger partial charge in [0.2, 0.25) is 0 Å². The van der Waals surface area contributed by atoms with Crippen LogP contribution in [0.15, 0.2) is 35.2 Å². The molecule has 0 spiro atoms. The van der Waals surface area contributed by atoms with E-state index in [-0.39, 0.29) is 4.90 Å². The van der Waals surface area contributed by atoms with Crippen LogP contribution in [0.2, 0.25) is 0 Å². The molecule has 1 aromatic heterocycles. The topological polar surface area (TPSA) is 78.0 Å². The van der Waals surface area contributed by atoms with E-state index in [9.17, 15) is 8.42 Å². The molecule has 6 heteroatoms. The molecule has 1 aromatic carbocycles. The van der Waals surface area contributed by atoms with E-state index in [1.165, 1.54) is 6.26 Å². The van der Waals surface area contributed by atoms with E-state index in [2.05, 4.69) is 5.10 Å². The minimum atomic E-state index is -3.21. The molecule has 0 saturated carbocycles. The molecule has 2 rings (SSSR count). The van der Waals surface area contributed by atoms with Crippen LogP contribution in [0.1, 0.15) is 5.69 Å². The van der Waals surface area contributed by atoms with Crippen molar-refractivity contribution in [3.8, 4) is 5.69 Å². The first-order valence-corrected chi connectivity index (χ1v) is 6.90. The Hall–Kier alpha value is -1.82. The van der Waals surface area contributed by atoms with Gasteiger partial charge in [-0.25, -0.2) is 13.1 Å². The molecule has 0 aliphatic heterocycles. The number of hydrogen-bond donors (Lipinski definition) is 1. The van der Waals surface area contributed by atoms with Crippen LogP contribution in [0, 0.1) is 6.92 Å². The van der Waals surface area contributed by atoms with Gasteiger partial charge in [-0.15, -0.1) is 0 Å². The highest BCUT2D eigenvalue weighted by Crippen LogP contribution is 2.17. The minimum Gasteiger partial charge on any atom is -0.382 e. The van der Waals surface area contributed by atoms with Crippen LogP contribution >= 0.6 is 0 Å². The van der Waals surface area contributed by atoms with Crippen LogP contribution in [-0.4, -0.2) is 24.5 Å². The highest BCUT2D eigenvalue weighted by Gasteiger charge is 2.10. The Morgan fingerprint density at radius 2 is 2.00 bits per heavy atom. The summed E-state index contributed by atoms with van der Waals surface area (Å²) in [5, 5.41) is 4.10. The molecule has 0 saturated heterocycles. The Kier molecular flexibility index (Phi) is 2.66. The van der Waals surface area contributed by atoms with Gasteiger partial charge in [-0.3, -0.25) is 0 Å². The third kappa shape index (κ3) is 2.31. The molecule has 0 atom stereocenters. The molecule has 2 N–H and O–H groups in total. The Labute approximate surface area is 99.8 Å². The van der Waals surface area contributed by atoms with E-state index in [1.807, 2.05) is 6.92 Å². The van der Waals surface area contributed by atoms with Gasteiger partial charge < -0.3 is 5.73 Å². The number of aryl methyl sites for hydroxylation is 1. The van der Waals surface area contributed by atoms with E-state index in [4.69, 9.17) is 5.73 Å². The number of nitrogens with zero attached hydrogens (tertiary/aromatic N) is 2. The Bertz CT molecular complexity index is 659. The fourth-order valence-electron chi connectivity index (χ4n) is 1.61. The SMILES string of the molecule is Cc1cc(N)nn1-c1cccc(S(C)(=O)=O)c1. The number of nitrogens with two attached hydrogens (primary N) is 1. The van der Waals surface area contributed by atoms with Crippen LogP contribution in [-0.2, 0) is 9.84 Å². The van der Waals surface area contributed by atoms with Crippen molar-refractivity contribution in [2.75, 3.05) is 12.0 Å². The van der Waals surface area contributed by atoms with E-state index in [1.54, 1.807) is 35.0 Å². The second kappa shape index (κ2) is 3.89. The van der Waals surface area contributed by atoms with Crippen molar-refractivity contribution in [1.29, 1.82) is 0 Å². The maximum Gasteiger partial charge on any atom is 0.175 e. The Morgan fingerprint density at radius 1 is 1.29 bits per heavy atom. The lowest BCUT2D eigenvalue weighted by molar-refractivity contribution is 0.601. The zero-order valence-corrected chi connectivity index (χ0v) is 10.4. The number of hydrogen-bond acceptors (Lipinski definition) is 4. The summed E-state index contributed by atoms with van der Waals surface area (Å²) in [6.45, 7) is 1.86. The highest BCUT2D eigenvalue weighted by atomic mass is 32.2. The average Bonchev–Trinajstić information content (AvgIpc) is 2.57. The maximum absolute atomic E-state index is 11.5. The van der Waals surface area contributed by atoms with Gasteiger partial charge in [0.1, 0.15) is 5.82 Å². The maximum atomic E-state index is 11.5. The predicted molar refractivity (Wildman–Crippen MR) is 65.8 cm³/mol. The summed E-state index contributed by atoms with van der Waals surface area (Å²) in [6.07, 6.45) is 1.18. The smallest absolute Gasteiger partial charge is 0.175 e. The molecule has 90 valence electrons. The summed E-state index contributed by atoms with van der Waals surface area (Å²) in [5.74, 6) is 0.409. The van der Waals surface area contributed by atoms with Crippen LogP contribution in [0.3, 0.4) is 0 Å². The van der Waals surface area contributed by atoms with Gasteiger partial charge in [-0.05, 0) is 25.1 Å². The fourth-order valence-corrected chi connectivity index (χ4v) is 2.27. The number of nitrogen functional groups attached to an aromatic ring is 1. The van der Waals surface area contributed by atoms with Crippen LogP contribution < -0.4 is 5.73 Å². The van der Waals surface area contributed by atoms with Crippen LogP contribution in [0.25, 0.3) is 5.69 Å². The normalized spacial score (nSPS) is 11.6. The first kappa shape index (κ1) is 11.7.